The number of hydrogen-bond donors (Lipinski definition) is 2. The summed E-state index contributed by atoms with van der Waals surface area (Å²) < 4.78 is 13.2. The van der Waals surface area contributed by atoms with Crippen LogP contribution in [0.3, 0.4) is 0 Å². The molecule has 0 saturated heterocycles. The fraction of sp³-hybridized carbons (Fsp3) is 0.846. The Morgan fingerprint density at radius 1 is 1.44 bits per heavy atom. The van der Waals surface area contributed by atoms with Crippen LogP contribution in [-0.2, 0) is 9.59 Å². The first-order valence-corrected chi connectivity index (χ1v) is 6.71. The van der Waals surface area contributed by atoms with E-state index in [9.17, 15) is 14.0 Å². The highest BCUT2D eigenvalue weighted by atomic mass is 19.1. The van der Waals surface area contributed by atoms with Crippen molar-refractivity contribution in [3.05, 3.63) is 0 Å². The highest BCUT2D eigenvalue weighted by Gasteiger charge is 2.29. The monoisotopic (exact) mass is 259 g/mol. The quantitative estimate of drug-likeness (QED) is 0.769. The third-order valence-electron chi connectivity index (χ3n) is 3.44. The molecule has 2 unspecified atom stereocenters. The number of carbonyl (C=O) groups is 2. The molecular weight excluding hydrogens is 237 g/mol. The highest BCUT2D eigenvalue weighted by molar-refractivity contribution is 5.85. The lowest BCUT2D eigenvalue weighted by atomic mass is 9.87. The van der Waals surface area contributed by atoms with Gasteiger partial charge in [-0.1, -0.05) is 19.8 Å². The van der Waals surface area contributed by atoms with Crippen molar-refractivity contribution in [1.82, 2.24) is 5.32 Å². The van der Waals surface area contributed by atoms with E-state index in [0.717, 1.165) is 12.8 Å². The number of hydrogen-bond acceptors (Lipinski definition) is 2. The zero-order valence-corrected chi connectivity index (χ0v) is 10.8. The van der Waals surface area contributed by atoms with Gasteiger partial charge in [-0.15, -0.1) is 0 Å². The van der Waals surface area contributed by atoms with Crippen molar-refractivity contribution in [2.24, 2.45) is 5.92 Å². The number of nitrogens with one attached hydrogen (secondary N) is 1. The smallest absolute Gasteiger partial charge is 0.326 e. The average Bonchev–Trinajstić information content (AvgIpc) is 2.33. The minimum Gasteiger partial charge on any atom is -0.480 e. The number of carbonyl (C=O) groups excluding carboxylic acids is 1. The molecule has 0 heterocycles. The number of rotatable bonds is 6. The van der Waals surface area contributed by atoms with E-state index in [1.54, 1.807) is 0 Å². The van der Waals surface area contributed by atoms with Gasteiger partial charge in [-0.3, -0.25) is 4.79 Å². The Morgan fingerprint density at radius 3 is 2.72 bits per heavy atom. The van der Waals surface area contributed by atoms with Gasteiger partial charge in [0.2, 0.25) is 5.91 Å². The van der Waals surface area contributed by atoms with Gasteiger partial charge in [0, 0.05) is 5.92 Å². The normalized spacial score (nSPS) is 25.4. The molecule has 1 saturated carbocycles. The summed E-state index contributed by atoms with van der Waals surface area (Å²) in [5.74, 6) is -1.68. The maximum atomic E-state index is 13.2. The molecule has 1 aliphatic carbocycles. The van der Waals surface area contributed by atoms with Crippen LogP contribution < -0.4 is 5.32 Å². The largest absolute Gasteiger partial charge is 0.480 e. The van der Waals surface area contributed by atoms with Crippen LogP contribution in [0.4, 0.5) is 4.39 Å². The third-order valence-corrected chi connectivity index (χ3v) is 3.44. The summed E-state index contributed by atoms with van der Waals surface area (Å²) in [6, 6.07) is -0.836. The molecule has 104 valence electrons. The van der Waals surface area contributed by atoms with E-state index >= 15 is 0 Å². The van der Waals surface area contributed by atoms with Crippen LogP contribution >= 0.6 is 0 Å². The lowest BCUT2D eigenvalue weighted by Gasteiger charge is -2.25. The van der Waals surface area contributed by atoms with Crippen LogP contribution in [0, 0.1) is 5.92 Å². The minimum atomic E-state index is -1.01. The molecule has 1 amide bonds. The molecule has 3 atom stereocenters. The van der Waals surface area contributed by atoms with Gasteiger partial charge in [0.05, 0.1) is 0 Å². The van der Waals surface area contributed by atoms with Crippen molar-refractivity contribution in [3.8, 4) is 0 Å². The molecular formula is C13H22FNO3. The predicted molar refractivity (Wildman–Crippen MR) is 65.9 cm³/mol. The van der Waals surface area contributed by atoms with E-state index in [-0.39, 0.29) is 18.2 Å². The van der Waals surface area contributed by atoms with E-state index in [4.69, 9.17) is 5.11 Å². The fourth-order valence-electron chi connectivity index (χ4n) is 2.32. The zero-order valence-electron chi connectivity index (χ0n) is 10.8. The number of unbranched alkanes of at least 4 members (excludes halogenated alkanes) is 1. The van der Waals surface area contributed by atoms with Crippen molar-refractivity contribution in [3.63, 3.8) is 0 Å². The second kappa shape index (κ2) is 7.34. The number of carboxylic acid groups (broad SMARTS) is 1. The van der Waals surface area contributed by atoms with Crippen LogP contribution in [0.1, 0.15) is 51.9 Å². The second-order valence-corrected chi connectivity index (χ2v) is 5.00. The van der Waals surface area contributed by atoms with Crippen LogP contribution in [0.15, 0.2) is 0 Å². The first-order chi connectivity index (χ1) is 8.54. The first kappa shape index (κ1) is 14.9. The summed E-state index contributed by atoms with van der Waals surface area (Å²) in [7, 11) is 0. The van der Waals surface area contributed by atoms with E-state index < -0.39 is 18.2 Å². The van der Waals surface area contributed by atoms with Gasteiger partial charge < -0.3 is 10.4 Å². The molecule has 5 heteroatoms. The minimum absolute atomic E-state index is 0.228. The van der Waals surface area contributed by atoms with Gasteiger partial charge in [-0.05, 0) is 32.1 Å². The topological polar surface area (TPSA) is 66.4 Å². The molecule has 1 rings (SSSR count). The van der Waals surface area contributed by atoms with Gasteiger partial charge in [-0.25, -0.2) is 9.18 Å². The second-order valence-electron chi connectivity index (χ2n) is 5.00. The summed E-state index contributed by atoms with van der Waals surface area (Å²) in [6.07, 6.45) is 3.26. The molecule has 0 radical (unpaired) electrons. The molecule has 2 N–H and O–H groups in total. The van der Waals surface area contributed by atoms with Gasteiger partial charge in [-0.2, -0.15) is 0 Å². The Morgan fingerprint density at radius 2 is 2.17 bits per heavy atom. The SMILES string of the molecule is CCCC[C@H](NC(=O)C1CCCC(F)C1)C(=O)O. The standard InChI is InChI=1S/C13H22FNO3/c1-2-3-7-11(13(17)18)15-12(16)9-5-4-6-10(14)8-9/h9-11H,2-8H2,1H3,(H,15,16)(H,17,18)/t9?,10?,11-/m0/s1. The Hall–Kier alpha value is -1.13. The summed E-state index contributed by atoms with van der Waals surface area (Å²) in [5, 5.41) is 11.5. The fourth-order valence-corrected chi connectivity index (χ4v) is 2.32. The highest BCUT2D eigenvalue weighted by Crippen LogP contribution is 2.26. The van der Waals surface area contributed by atoms with Gasteiger partial charge in [0.15, 0.2) is 0 Å². The van der Waals surface area contributed by atoms with Crippen LogP contribution in [0.5, 0.6) is 0 Å². The van der Waals surface area contributed by atoms with Crippen molar-refractivity contribution in [1.29, 1.82) is 0 Å². The van der Waals surface area contributed by atoms with E-state index in [2.05, 4.69) is 5.32 Å². The molecule has 0 bridgehead atoms. The number of carboxylic acids is 1. The van der Waals surface area contributed by atoms with Gasteiger partial charge in [0.1, 0.15) is 12.2 Å². The maximum absolute atomic E-state index is 13.2. The third kappa shape index (κ3) is 4.63. The Balaban J connectivity index is 2.46. The van der Waals surface area contributed by atoms with Crippen LogP contribution in [0.2, 0.25) is 0 Å². The number of alkyl halides is 1. The summed E-state index contributed by atoms with van der Waals surface area (Å²) in [5.41, 5.74) is 0. The van der Waals surface area contributed by atoms with E-state index in [1.165, 1.54) is 0 Å². The predicted octanol–water partition coefficient (Wildman–Crippen LogP) is 2.27. The Labute approximate surface area is 107 Å². The molecule has 0 aromatic heterocycles. The van der Waals surface area contributed by atoms with Crippen molar-refractivity contribution < 1.29 is 19.1 Å². The zero-order chi connectivity index (χ0) is 13.5. The Bertz CT molecular complexity index is 296. The van der Waals surface area contributed by atoms with Crippen LogP contribution in [0.25, 0.3) is 0 Å². The van der Waals surface area contributed by atoms with Gasteiger partial charge in [0.25, 0.3) is 0 Å². The molecule has 18 heavy (non-hydrogen) atoms. The van der Waals surface area contributed by atoms with Crippen molar-refractivity contribution in [2.75, 3.05) is 0 Å². The maximum Gasteiger partial charge on any atom is 0.326 e. The average molecular weight is 259 g/mol. The number of amides is 1. The molecule has 0 aromatic carbocycles. The van der Waals surface area contributed by atoms with E-state index in [0.29, 0.717) is 25.7 Å². The molecule has 0 aliphatic heterocycles. The molecule has 1 aliphatic rings. The lowest BCUT2D eigenvalue weighted by molar-refractivity contribution is -0.143. The van der Waals surface area contributed by atoms with E-state index in [1.807, 2.05) is 6.92 Å². The first-order valence-electron chi connectivity index (χ1n) is 6.71. The molecule has 0 aromatic rings. The Kier molecular flexibility index (Phi) is 6.09. The summed E-state index contributed by atoms with van der Waals surface area (Å²) in [6.45, 7) is 1.97. The van der Waals surface area contributed by atoms with Crippen LogP contribution in [-0.4, -0.2) is 29.2 Å². The van der Waals surface area contributed by atoms with Crippen molar-refractivity contribution >= 4 is 11.9 Å². The molecule has 1 fully saturated rings. The summed E-state index contributed by atoms with van der Waals surface area (Å²) >= 11 is 0. The van der Waals surface area contributed by atoms with Gasteiger partial charge >= 0.3 is 5.97 Å². The number of aliphatic carboxylic acids is 1. The number of halogens is 1. The summed E-state index contributed by atoms with van der Waals surface area (Å²) in [4.78, 5) is 22.9. The lowest BCUT2D eigenvalue weighted by Crippen LogP contribution is -2.44. The van der Waals surface area contributed by atoms with Crippen molar-refractivity contribution in [2.45, 2.75) is 64.1 Å². The molecule has 4 nitrogen and oxygen atoms in total. The molecule has 0 spiro atoms.